The molecule has 1 unspecified atom stereocenters. The van der Waals surface area contributed by atoms with Crippen molar-refractivity contribution >= 4 is 5.91 Å². The van der Waals surface area contributed by atoms with Crippen LogP contribution in [0.5, 0.6) is 5.75 Å². The van der Waals surface area contributed by atoms with Crippen LogP contribution in [0.25, 0.3) is 0 Å². The molecule has 0 fully saturated rings. The van der Waals surface area contributed by atoms with Crippen LogP contribution in [0.4, 0.5) is 0 Å². The Hall–Kier alpha value is -2.09. The molecule has 1 amide bonds. The van der Waals surface area contributed by atoms with E-state index in [-0.39, 0.29) is 11.8 Å². The average molecular weight is 247 g/mol. The highest BCUT2D eigenvalue weighted by Crippen LogP contribution is 2.18. The van der Waals surface area contributed by atoms with Gasteiger partial charge in [0.05, 0.1) is 30.9 Å². The van der Waals surface area contributed by atoms with Crippen molar-refractivity contribution in [2.45, 2.75) is 13.8 Å². The number of hydrogen-bond donors (Lipinski definition) is 0. The fourth-order valence-electron chi connectivity index (χ4n) is 1.62. The third kappa shape index (κ3) is 3.20. The van der Waals surface area contributed by atoms with E-state index in [2.05, 4.69) is 11.1 Å². The molecule has 0 radical (unpaired) electrons. The van der Waals surface area contributed by atoms with E-state index in [1.54, 1.807) is 24.1 Å². The molecule has 0 aliphatic carbocycles. The third-order valence-corrected chi connectivity index (χ3v) is 2.62. The van der Waals surface area contributed by atoms with Gasteiger partial charge in [-0.1, -0.05) is 0 Å². The summed E-state index contributed by atoms with van der Waals surface area (Å²) in [7, 11) is 1.50. The second-order valence-electron chi connectivity index (χ2n) is 3.95. The molecule has 18 heavy (non-hydrogen) atoms. The maximum Gasteiger partial charge on any atom is 0.257 e. The van der Waals surface area contributed by atoms with Crippen molar-refractivity contribution in [1.29, 1.82) is 5.26 Å². The van der Waals surface area contributed by atoms with Gasteiger partial charge in [0.15, 0.2) is 0 Å². The summed E-state index contributed by atoms with van der Waals surface area (Å²) in [5.74, 6) is 0.117. The van der Waals surface area contributed by atoms with E-state index in [9.17, 15) is 4.79 Å². The average Bonchev–Trinajstić information content (AvgIpc) is 2.43. The Kier molecular flexibility index (Phi) is 5.12. The molecule has 1 rings (SSSR count). The number of rotatable bonds is 5. The smallest absolute Gasteiger partial charge is 0.257 e. The van der Waals surface area contributed by atoms with Crippen LogP contribution in [-0.4, -0.2) is 36.0 Å². The largest absolute Gasteiger partial charge is 0.494 e. The first-order valence-corrected chi connectivity index (χ1v) is 5.80. The van der Waals surface area contributed by atoms with Crippen molar-refractivity contribution in [2.75, 3.05) is 20.2 Å². The fourth-order valence-corrected chi connectivity index (χ4v) is 1.62. The van der Waals surface area contributed by atoms with Gasteiger partial charge in [0.1, 0.15) is 5.75 Å². The van der Waals surface area contributed by atoms with Crippen LogP contribution >= 0.6 is 0 Å². The van der Waals surface area contributed by atoms with Gasteiger partial charge in [-0.2, -0.15) is 5.26 Å². The summed E-state index contributed by atoms with van der Waals surface area (Å²) in [6.45, 7) is 4.64. The fraction of sp³-hybridized carbons (Fsp3) is 0.462. The van der Waals surface area contributed by atoms with Crippen molar-refractivity contribution in [2.24, 2.45) is 5.92 Å². The van der Waals surface area contributed by atoms with Crippen molar-refractivity contribution in [1.82, 2.24) is 9.88 Å². The van der Waals surface area contributed by atoms with Crippen molar-refractivity contribution in [3.63, 3.8) is 0 Å². The number of nitriles is 1. The molecule has 0 bridgehead atoms. The lowest BCUT2D eigenvalue weighted by molar-refractivity contribution is 0.0749. The van der Waals surface area contributed by atoms with Gasteiger partial charge in [-0.25, -0.2) is 0 Å². The van der Waals surface area contributed by atoms with Gasteiger partial charge in [-0.15, -0.1) is 0 Å². The van der Waals surface area contributed by atoms with E-state index in [4.69, 9.17) is 10.00 Å². The summed E-state index contributed by atoms with van der Waals surface area (Å²) in [5, 5.41) is 8.81. The Morgan fingerprint density at radius 2 is 2.39 bits per heavy atom. The number of pyridine rings is 1. The van der Waals surface area contributed by atoms with Crippen LogP contribution < -0.4 is 4.74 Å². The first-order chi connectivity index (χ1) is 8.63. The lowest BCUT2D eigenvalue weighted by Crippen LogP contribution is -2.34. The van der Waals surface area contributed by atoms with Crippen LogP contribution in [0.1, 0.15) is 24.2 Å². The topological polar surface area (TPSA) is 66.2 Å². The van der Waals surface area contributed by atoms with E-state index >= 15 is 0 Å². The second kappa shape index (κ2) is 6.60. The summed E-state index contributed by atoms with van der Waals surface area (Å²) in [4.78, 5) is 17.9. The highest BCUT2D eigenvalue weighted by Gasteiger charge is 2.19. The Morgan fingerprint density at radius 3 is 2.94 bits per heavy atom. The molecule has 0 aliphatic rings. The number of methoxy groups -OCH3 is 1. The quantitative estimate of drug-likeness (QED) is 0.794. The molecular weight excluding hydrogens is 230 g/mol. The van der Waals surface area contributed by atoms with Gasteiger partial charge in [0.25, 0.3) is 5.91 Å². The SMILES string of the molecule is CCN(CC(C)C#N)C(=O)c1ccncc1OC. The Labute approximate surface area is 107 Å². The highest BCUT2D eigenvalue weighted by atomic mass is 16.5. The highest BCUT2D eigenvalue weighted by molar-refractivity contribution is 5.96. The molecule has 0 aliphatic heterocycles. The van der Waals surface area contributed by atoms with E-state index < -0.39 is 0 Å². The second-order valence-corrected chi connectivity index (χ2v) is 3.95. The predicted octanol–water partition coefficient (Wildman–Crippen LogP) is 1.71. The molecule has 1 atom stereocenters. The van der Waals surface area contributed by atoms with Crippen LogP contribution in [0.2, 0.25) is 0 Å². The van der Waals surface area contributed by atoms with Crippen LogP contribution in [0, 0.1) is 17.2 Å². The minimum absolute atomic E-state index is 0.140. The standard InChI is InChI=1S/C13H17N3O2/c1-4-16(9-10(2)7-14)13(17)11-5-6-15-8-12(11)18-3/h5-6,8,10H,4,9H2,1-3H3. The molecule has 1 aromatic heterocycles. The van der Waals surface area contributed by atoms with Crippen LogP contribution in [0.15, 0.2) is 18.5 Å². The molecular formula is C13H17N3O2. The maximum absolute atomic E-state index is 12.3. The van der Waals surface area contributed by atoms with E-state index in [1.807, 2.05) is 6.92 Å². The zero-order chi connectivity index (χ0) is 13.5. The van der Waals surface area contributed by atoms with Gasteiger partial charge >= 0.3 is 0 Å². The van der Waals surface area contributed by atoms with E-state index in [0.717, 1.165) is 0 Å². The number of hydrogen-bond acceptors (Lipinski definition) is 4. The van der Waals surface area contributed by atoms with Crippen LogP contribution in [0.3, 0.4) is 0 Å². The lowest BCUT2D eigenvalue weighted by Gasteiger charge is -2.22. The number of ether oxygens (including phenoxy) is 1. The molecule has 0 saturated heterocycles. The molecule has 0 N–H and O–H groups in total. The van der Waals surface area contributed by atoms with Gasteiger partial charge < -0.3 is 9.64 Å². The molecule has 0 saturated carbocycles. The maximum atomic E-state index is 12.3. The predicted molar refractivity (Wildman–Crippen MR) is 67.1 cm³/mol. The minimum Gasteiger partial charge on any atom is -0.494 e. The first kappa shape index (κ1) is 14.0. The van der Waals surface area contributed by atoms with Gasteiger partial charge in [0.2, 0.25) is 0 Å². The zero-order valence-electron chi connectivity index (χ0n) is 10.9. The summed E-state index contributed by atoms with van der Waals surface area (Å²) >= 11 is 0. The summed E-state index contributed by atoms with van der Waals surface area (Å²) in [6, 6.07) is 3.75. The normalized spacial score (nSPS) is 11.4. The molecule has 1 heterocycles. The molecule has 96 valence electrons. The molecule has 5 nitrogen and oxygen atoms in total. The zero-order valence-corrected chi connectivity index (χ0v) is 10.9. The molecule has 0 spiro atoms. The first-order valence-electron chi connectivity index (χ1n) is 5.80. The molecule has 0 aromatic carbocycles. The minimum atomic E-state index is -0.193. The summed E-state index contributed by atoms with van der Waals surface area (Å²) in [6.07, 6.45) is 3.06. The number of nitrogens with zero attached hydrogens (tertiary/aromatic N) is 3. The monoisotopic (exact) mass is 247 g/mol. The Balaban J connectivity index is 2.93. The van der Waals surface area contributed by atoms with Gasteiger partial charge in [-0.05, 0) is 19.9 Å². The van der Waals surface area contributed by atoms with Gasteiger partial charge in [-0.3, -0.25) is 9.78 Å². The summed E-state index contributed by atoms with van der Waals surface area (Å²) in [5.41, 5.74) is 0.472. The van der Waals surface area contributed by atoms with E-state index in [0.29, 0.717) is 24.4 Å². The lowest BCUT2D eigenvalue weighted by atomic mass is 10.1. The van der Waals surface area contributed by atoms with Crippen LogP contribution in [-0.2, 0) is 0 Å². The van der Waals surface area contributed by atoms with Crippen molar-refractivity contribution in [3.8, 4) is 11.8 Å². The van der Waals surface area contributed by atoms with Crippen molar-refractivity contribution in [3.05, 3.63) is 24.0 Å². The number of carbonyl (C=O) groups excluding carboxylic acids is 1. The summed E-state index contributed by atoms with van der Waals surface area (Å²) < 4.78 is 5.12. The molecule has 5 heteroatoms. The van der Waals surface area contributed by atoms with Gasteiger partial charge in [0, 0.05) is 19.3 Å². The van der Waals surface area contributed by atoms with E-state index in [1.165, 1.54) is 13.3 Å². The Morgan fingerprint density at radius 1 is 1.67 bits per heavy atom. The number of amides is 1. The number of aromatic nitrogens is 1. The Bertz CT molecular complexity index is 454. The third-order valence-electron chi connectivity index (χ3n) is 2.62. The molecule has 1 aromatic rings. The number of carbonyl (C=O) groups is 1. The van der Waals surface area contributed by atoms with Crippen molar-refractivity contribution < 1.29 is 9.53 Å².